The van der Waals surface area contributed by atoms with Crippen molar-refractivity contribution < 1.29 is 4.39 Å². The maximum atomic E-state index is 13.1. The Morgan fingerprint density at radius 1 is 1.44 bits per heavy atom. The highest BCUT2D eigenvalue weighted by Gasteiger charge is 2.00. The van der Waals surface area contributed by atoms with Crippen LogP contribution in [0.4, 0.5) is 10.1 Å². The fourth-order valence-corrected chi connectivity index (χ4v) is 1.31. The molecule has 1 aromatic carbocycles. The molecule has 1 N–H and O–H groups in total. The van der Waals surface area contributed by atoms with Crippen LogP contribution in [0.5, 0.6) is 0 Å². The van der Waals surface area contributed by atoms with Crippen molar-refractivity contribution in [2.75, 3.05) is 32.0 Å². The number of nitrogens with one attached hydrogen (secondary N) is 1. The fourth-order valence-electron chi connectivity index (χ4n) is 1.31. The molecule has 86 valence electrons. The number of nitriles is 1. The standard InChI is InChI=1S/C12H16FN3/c1-3-16(2)5-4-15-12-7-10(9-14)6-11(13)8-12/h6-8,15H,3-5H2,1-2H3. The van der Waals surface area contributed by atoms with E-state index in [1.54, 1.807) is 6.07 Å². The molecule has 0 heterocycles. The van der Waals surface area contributed by atoms with E-state index in [9.17, 15) is 4.39 Å². The summed E-state index contributed by atoms with van der Waals surface area (Å²) in [6, 6.07) is 6.20. The highest BCUT2D eigenvalue weighted by atomic mass is 19.1. The summed E-state index contributed by atoms with van der Waals surface area (Å²) < 4.78 is 13.1. The van der Waals surface area contributed by atoms with Gasteiger partial charge < -0.3 is 10.2 Å². The second-order valence-electron chi connectivity index (χ2n) is 3.66. The molecule has 0 aromatic heterocycles. The molecule has 4 heteroatoms. The average molecular weight is 221 g/mol. The largest absolute Gasteiger partial charge is 0.384 e. The molecule has 0 bridgehead atoms. The second kappa shape index (κ2) is 6.09. The van der Waals surface area contributed by atoms with E-state index in [0.717, 1.165) is 19.6 Å². The van der Waals surface area contributed by atoms with Gasteiger partial charge in [-0.05, 0) is 31.8 Å². The van der Waals surface area contributed by atoms with Crippen molar-refractivity contribution in [2.45, 2.75) is 6.92 Å². The normalized spacial score (nSPS) is 10.2. The first-order chi connectivity index (χ1) is 7.65. The average Bonchev–Trinajstić information content (AvgIpc) is 2.28. The first-order valence-electron chi connectivity index (χ1n) is 5.28. The van der Waals surface area contributed by atoms with Crippen LogP contribution in [0, 0.1) is 17.1 Å². The van der Waals surface area contributed by atoms with E-state index in [1.807, 2.05) is 13.1 Å². The Bertz CT molecular complexity index is 384. The van der Waals surface area contributed by atoms with E-state index >= 15 is 0 Å². The molecule has 1 rings (SSSR count). The predicted molar refractivity (Wildman–Crippen MR) is 62.8 cm³/mol. The third-order valence-corrected chi connectivity index (χ3v) is 2.39. The maximum Gasteiger partial charge on any atom is 0.126 e. The van der Waals surface area contributed by atoms with Gasteiger partial charge in [-0.2, -0.15) is 5.26 Å². The molecule has 0 unspecified atom stereocenters. The smallest absolute Gasteiger partial charge is 0.126 e. The summed E-state index contributed by atoms with van der Waals surface area (Å²) in [5, 5.41) is 11.8. The third kappa shape index (κ3) is 3.87. The minimum absolute atomic E-state index is 0.339. The maximum absolute atomic E-state index is 13.1. The second-order valence-corrected chi connectivity index (χ2v) is 3.66. The first kappa shape index (κ1) is 12.5. The summed E-state index contributed by atoms with van der Waals surface area (Å²) >= 11 is 0. The fraction of sp³-hybridized carbons (Fsp3) is 0.417. The van der Waals surface area contributed by atoms with Crippen LogP contribution in [-0.2, 0) is 0 Å². The van der Waals surface area contributed by atoms with E-state index in [0.29, 0.717) is 11.3 Å². The van der Waals surface area contributed by atoms with Crippen molar-refractivity contribution in [2.24, 2.45) is 0 Å². The Morgan fingerprint density at radius 2 is 2.19 bits per heavy atom. The summed E-state index contributed by atoms with van der Waals surface area (Å²) in [6.45, 7) is 4.68. The van der Waals surface area contributed by atoms with Gasteiger partial charge in [-0.3, -0.25) is 0 Å². The van der Waals surface area contributed by atoms with Crippen molar-refractivity contribution in [1.82, 2.24) is 4.90 Å². The van der Waals surface area contributed by atoms with Crippen LogP contribution < -0.4 is 5.32 Å². The van der Waals surface area contributed by atoms with Crippen LogP contribution in [0.1, 0.15) is 12.5 Å². The predicted octanol–water partition coefficient (Wildman–Crippen LogP) is 2.06. The summed E-state index contributed by atoms with van der Waals surface area (Å²) in [5.74, 6) is -0.384. The van der Waals surface area contributed by atoms with E-state index in [4.69, 9.17) is 5.26 Å². The molecular formula is C12H16FN3. The molecule has 0 saturated carbocycles. The van der Waals surface area contributed by atoms with Crippen molar-refractivity contribution in [1.29, 1.82) is 5.26 Å². The van der Waals surface area contributed by atoms with Gasteiger partial charge in [0.15, 0.2) is 0 Å². The summed E-state index contributed by atoms with van der Waals surface area (Å²) in [6.07, 6.45) is 0. The lowest BCUT2D eigenvalue weighted by molar-refractivity contribution is 0.367. The van der Waals surface area contributed by atoms with Gasteiger partial charge in [0.05, 0.1) is 11.6 Å². The molecule has 0 atom stereocenters. The quantitative estimate of drug-likeness (QED) is 0.827. The Balaban J connectivity index is 2.54. The molecule has 0 saturated heterocycles. The highest BCUT2D eigenvalue weighted by Crippen LogP contribution is 2.12. The number of anilines is 1. The van der Waals surface area contributed by atoms with Crippen LogP contribution in [0.25, 0.3) is 0 Å². The SMILES string of the molecule is CCN(C)CCNc1cc(F)cc(C#N)c1. The van der Waals surface area contributed by atoms with Crippen LogP contribution in [0.2, 0.25) is 0 Å². The molecule has 0 fully saturated rings. The number of hydrogen-bond donors (Lipinski definition) is 1. The van der Waals surface area contributed by atoms with Crippen molar-refractivity contribution in [3.05, 3.63) is 29.6 Å². The molecule has 0 amide bonds. The van der Waals surface area contributed by atoms with Crippen LogP contribution in [-0.4, -0.2) is 31.6 Å². The van der Waals surface area contributed by atoms with E-state index < -0.39 is 0 Å². The molecule has 0 spiro atoms. The Labute approximate surface area is 95.5 Å². The Morgan fingerprint density at radius 3 is 2.81 bits per heavy atom. The summed E-state index contributed by atoms with van der Waals surface area (Å²) in [7, 11) is 2.02. The van der Waals surface area contributed by atoms with E-state index in [1.165, 1.54) is 12.1 Å². The molecule has 0 aliphatic heterocycles. The zero-order valence-electron chi connectivity index (χ0n) is 9.63. The molecule has 0 aliphatic rings. The van der Waals surface area contributed by atoms with Crippen molar-refractivity contribution in [3.8, 4) is 6.07 Å². The summed E-state index contributed by atoms with van der Waals surface area (Å²) in [4.78, 5) is 2.15. The zero-order valence-corrected chi connectivity index (χ0v) is 9.63. The molecule has 16 heavy (non-hydrogen) atoms. The van der Waals surface area contributed by atoms with Gasteiger partial charge in [0.25, 0.3) is 0 Å². The van der Waals surface area contributed by atoms with Crippen molar-refractivity contribution >= 4 is 5.69 Å². The van der Waals surface area contributed by atoms with Gasteiger partial charge >= 0.3 is 0 Å². The minimum Gasteiger partial charge on any atom is -0.384 e. The summed E-state index contributed by atoms with van der Waals surface area (Å²) in [5.41, 5.74) is 0.993. The Kier molecular flexibility index (Phi) is 4.74. The molecular weight excluding hydrogens is 205 g/mol. The van der Waals surface area contributed by atoms with Crippen LogP contribution in [0.3, 0.4) is 0 Å². The molecule has 1 aromatic rings. The topological polar surface area (TPSA) is 39.1 Å². The number of nitrogens with zero attached hydrogens (tertiary/aromatic N) is 2. The number of likely N-dealkylation sites (N-methyl/N-ethyl adjacent to an activating group) is 1. The van der Waals surface area contributed by atoms with Crippen LogP contribution in [0.15, 0.2) is 18.2 Å². The highest BCUT2D eigenvalue weighted by molar-refractivity contribution is 5.49. The monoisotopic (exact) mass is 221 g/mol. The molecule has 3 nitrogen and oxygen atoms in total. The Hall–Kier alpha value is -1.60. The number of rotatable bonds is 5. The van der Waals surface area contributed by atoms with E-state index in [-0.39, 0.29) is 5.82 Å². The lowest BCUT2D eigenvalue weighted by Gasteiger charge is -2.14. The van der Waals surface area contributed by atoms with Gasteiger partial charge in [-0.25, -0.2) is 4.39 Å². The molecule has 0 radical (unpaired) electrons. The number of hydrogen-bond acceptors (Lipinski definition) is 3. The van der Waals surface area contributed by atoms with Gasteiger partial charge in [-0.15, -0.1) is 0 Å². The third-order valence-electron chi connectivity index (χ3n) is 2.39. The first-order valence-corrected chi connectivity index (χ1v) is 5.28. The van der Waals surface area contributed by atoms with Crippen LogP contribution >= 0.6 is 0 Å². The lowest BCUT2D eigenvalue weighted by Crippen LogP contribution is -2.24. The number of halogens is 1. The zero-order chi connectivity index (χ0) is 12.0. The van der Waals surface area contributed by atoms with E-state index in [2.05, 4.69) is 17.1 Å². The minimum atomic E-state index is -0.384. The number of benzene rings is 1. The van der Waals surface area contributed by atoms with Crippen molar-refractivity contribution in [3.63, 3.8) is 0 Å². The van der Waals surface area contributed by atoms with Gasteiger partial charge in [0, 0.05) is 18.8 Å². The van der Waals surface area contributed by atoms with Gasteiger partial charge in [0.2, 0.25) is 0 Å². The van der Waals surface area contributed by atoms with Gasteiger partial charge in [0.1, 0.15) is 5.82 Å². The lowest BCUT2D eigenvalue weighted by atomic mass is 10.2. The van der Waals surface area contributed by atoms with Gasteiger partial charge in [-0.1, -0.05) is 6.92 Å². The molecule has 0 aliphatic carbocycles.